The maximum absolute atomic E-state index is 13.0. The van der Waals surface area contributed by atoms with Crippen molar-refractivity contribution < 1.29 is 9.18 Å². The van der Waals surface area contributed by atoms with Gasteiger partial charge in [-0.15, -0.1) is 0 Å². The Balaban J connectivity index is 1.96. The van der Waals surface area contributed by atoms with Crippen LogP contribution in [-0.4, -0.2) is 55.0 Å². The minimum atomic E-state index is -0.255. The van der Waals surface area contributed by atoms with Crippen molar-refractivity contribution in [1.29, 1.82) is 0 Å². The highest BCUT2D eigenvalue weighted by Crippen LogP contribution is 2.19. The van der Waals surface area contributed by atoms with Crippen molar-refractivity contribution in [2.45, 2.75) is 25.9 Å². The summed E-state index contributed by atoms with van der Waals surface area (Å²) in [6.45, 7) is 7.27. The Morgan fingerprint density at radius 2 is 2.14 bits per heavy atom. The average molecular weight is 293 g/mol. The molecule has 4 nitrogen and oxygen atoms in total. The van der Waals surface area contributed by atoms with E-state index >= 15 is 0 Å². The number of piperazine rings is 1. The second-order valence-corrected chi connectivity index (χ2v) is 5.76. The van der Waals surface area contributed by atoms with Crippen LogP contribution in [0.2, 0.25) is 0 Å². The van der Waals surface area contributed by atoms with E-state index in [1.54, 1.807) is 17.0 Å². The van der Waals surface area contributed by atoms with Crippen LogP contribution in [0.15, 0.2) is 24.3 Å². The minimum absolute atomic E-state index is 0.0590. The van der Waals surface area contributed by atoms with Crippen LogP contribution < -0.4 is 5.32 Å². The van der Waals surface area contributed by atoms with Crippen molar-refractivity contribution in [2.75, 3.05) is 33.2 Å². The van der Waals surface area contributed by atoms with E-state index in [2.05, 4.69) is 17.1 Å². The lowest BCUT2D eigenvalue weighted by atomic mass is 10.1. The second kappa shape index (κ2) is 7.00. The molecule has 1 aliphatic heterocycles. The van der Waals surface area contributed by atoms with Crippen molar-refractivity contribution in [2.24, 2.45) is 0 Å². The first-order valence-corrected chi connectivity index (χ1v) is 7.45. The fourth-order valence-corrected chi connectivity index (χ4v) is 2.58. The van der Waals surface area contributed by atoms with Crippen molar-refractivity contribution in [1.82, 2.24) is 15.1 Å². The van der Waals surface area contributed by atoms with Gasteiger partial charge in [-0.3, -0.25) is 9.69 Å². The molecule has 0 aliphatic carbocycles. The Labute approximate surface area is 125 Å². The molecular formula is C16H24FN3O. The van der Waals surface area contributed by atoms with Gasteiger partial charge in [0, 0.05) is 32.7 Å². The monoisotopic (exact) mass is 293 g/mol. The lowest BCUT2D eigenvalue weighted by molar-refractivity contribution is -0.133. The molecular weight excluding hydrogens is 269 g/mol. The number of amides is 1. The number of benzene rings is 1. The number of nitrogens with zero attached hydrogens (tertiary/aromatic N) is 2. The molecule has 1 aromatic carbocycles. The summed E-state index contributed by atoms with van der Waals surface area (Å²) in [6, 6.07) is 6.65. The minimum Gasteiger partial charge on any atom is -0.338 e. The molecule has 1 aliphatic rings. The summed E-state index contributed by atoms with van der Waals surface area (Å²) >= 11 is 0. The van der Waals surface area contributed by atoms with E-state index in [0.717, 1.165) is 25.2 Å². The van der Waals surface area contributed by atoms with Gasteiger partial charge in [-0.1, -0.05) is 12.1 Å². The Hall–Kier alpha value is -1.46. The van der Waals surface area contributed by atoms with Gasteiger partial charge in [0.15, 0.2) is 0 Å². The van der Waals surface area contributed by atoms with Gasteiger partial charge >= 0.3 is 0 Å². The van der Waals surface area contributed by atoms with Crippen molar-refractivity contribution >= 4 is 5.91 Å². The van der Waals surface area contributed by atoms with Gasteiger partial charge in [0.2, 0.25) is 5.91 Å². The highest BCUT2D eigenvalue weighted by molar-refractivity contribution is 5.78. The lowest BCUT2D eigenvalue weighted by Gasteiger charge is -2.35. The van der Waals surface area contributed by atoms with E-state index in [9.17, 15) is 9.18 Å². The molecule has 1 unspecified atom stereocenters. The Bertz CT molecular complexity index is 477. The number of likely N-dealkylation sites (N-methyl/N-ethyl adjacent to an activating group) is 1. The van der Waals surface area contributed by atoms with E-state index in [-0.39, 0.29) is 17.8 Å². The maximum Gasteiger partial charge on any atom is 0.237 e. The van der Waals surface area contributed by atoms with Crippen molar-refractivity contribution in [3.8, 4) is 0 Å². The topological polar surface area (TPSA) is 35.6 Å². The normalized spacial score (nSPS) is 21.0. The number of carbonyl (C=O) groups excluding carboxylic acids is 1. The van der Waals surface area contributed by atoms with Crippen LogP contribution in [0, 0.1) is 5.82 Å². The van der Waals surface area contributed by atoms with Gasteiger partial charge < -0.3 is 10.2 Å². The molecule has 0 saturated carbocycles. The van der Waals surface area contributed by atoms with Gasteiger partial charge in [0.25, 0.3) is 0 Å². The maximum atomic E-state index is 13.0. The summed E-state index contributed by atoms with van der Waals surface area (Å²) in [6.07, 6.45) is 0. The third kappa shape index (κ3) is 4.02. The Kier molecular flexibility index (Phi) is 5.31. The zero-order chi connectivity index (χ0) is 15.4. The van der Waals surface area contributed by atoms with E-state index in [4.69, 9.17) is 0 Å². The number of hydrogen-bond donors (Lipinski definition) is 1. The Morgan fingerprint density at radius 1 is 1.48 bits per heavy atom. The summed E-state index contributed by atoms with van der Waals surface area (Å²) in [5, 5.41) is 3.32. The molecule has 1 aromatic rings. The molecule has 1 saturated heterocycles. The van der Waals surface area contributed by atoms with Crippen LogP contribution in [0.3, 0.4) is 0 Å². The average Bonchev–Trinajstić information content (AvgIpc) is 2.49. The third-order valence-corrected chi connectivity index (χ3v) is 4.30. The number of hydrogen-bond acceptors (Lipinski definition) is 3. The molecule has 5 heteroatoms. The predicted octanol–water partition coefficient (Wildman–Crippen LogP) is 1.64. The van der Waals surface area contributed by atoms with Gasteiger partial charge in [-0.05, 0) is 31.5 Å². The lowest BCUT2D eigenvalue weighted by Crippen LogP contribution is -2.53. The summed E-state index contributed by atoms with van der Waals surface area (Å²) in [7, 11) is 1.81. The number of carbonyl (C=O) groups is 1. The Morgan fingerprint density at radius 3 is 2.76 bits per heavy atom. The summed E-state index contributed by atoms with van der Waals surface area (Å²) < 4.78 is 13.0. The third-order valence-electron chi connectivity index (χ3n) is 4.30. The number of rotatable bonds is 4. The summed E-state index contributed by atoms with van der Waals surface area (Å²) in [4.78, 5) is 16.4. The first-order chi connectivity index (χ1) is 9.99. The highest BCUT2D eigenvalue weighted by atomic mass is 19.1. The number of halogens is 1. The molecule has 21 heavy (non-hydrogen) atoms. The molecule has 0 aromatic heterocycles. The molecule has 0 radical (unpaired) electrons. The van der Waals surface area contributed by atoms with Gasteiger partial charge in [-0.25, -0.2) is 4.39 Å². The molecule has 2 atom stereocenters. The van der Waals surface area contributed by atoms with E-state index in [1.807, 2.05) is 14.0 Å². The fraction of sp³-hybridized carbons (Fsp3) is 0.562. The van der Waals surface area contributed by atoms with Crippen LogP contribution >= 0.6 is 0 Å². The van der Waals surface area contributed by atoms with Crippen LogP contribution in [-0.2, 0) is 4.79 Å². The highest BCUT2D eigenvalue weighted by Gasteiger charge is 2.24. The van der Waals surface area contributed by atoms with E-state index in [1.165, 1.54) is 12.1 Å². The molecule has 1 heterocycles. The predicted molar refractivity (Wildman–Crippen MR) is 81.5 cm³/mol. The molecule has 1 N–H and O–H groups in total. The summed E-state index contributed by atoms with van der Waals surface area (Å²) in [5.74, 6) is -0.157. The zero-order valence-corrected chi connectivity index (χ0v) is 13.0. The van der Waals surface area contributed by atoms with E-state index < -0.39 is 0 Å². The van der Waals surface area contributed by atoms with Gasteiger partial charge in [0.1, 0.15) is 5.82 Å². The van der Waals surface area contributed by atoms with E-state index in [0.29, 0.717) is 12.6 Å². The van der Waals surface area contributed by atoms with Crippen molar-refractivity contribution in [3.05, 3.63) is 35.6 Å². The fourth-order valence-electron chi connectivity index (χ4n) is 2.58. The first kappa shape index (κ1) is 15.9. The van der Waals surface area contributed by atoms with Gasteiger partial charge in [0.05, 0.1) is 12.6 Å². The van der Waals surface area contributed by atoms with Crippen molar-refractivity contribution in [3.63, 3.8) is 0 Å². The standard InChI is InChI=1S/C16H24FN3O/c1-12-10-18-8-9-20(12)11-16(21)19(3)13(2)14-4-6-15(17)7-5-14/h4-7,12-13,18H,8-11H2,1-3H3/t12-,13?/m1/s1. The molecule has 2 rings (SSSR count). The van der Waals surface area contributed by atoms with Crippen LogP contribution in [0.1, 0.15) is 25.5 Å². The van der Waals surface area contributed by atoms with Gasteiger partial charge in [-0.2, -0.15) is 0 Å². The summed E-state index contributed by atoms with van der Waals surface area (Å²) in [5.41, 5.74) is 0.945. The molecule has 0 spiro atoms. The molecule has 1 fully saturated rings. The molecule has 0 bridgehead atoms. The zero-order valence-electron chi connectivity index (χ0n) is 13.0. The van der Waals surface area contributed by atoms with Crippen LogP contribution in [0.4, 0.5) is 4.39 Å². The first-order valence-electron chi connectivity index (χ1n) is 7.45. The molecule has 116 valence electrons. The van der Waals surface area contributed by atoms with Crippen LogP contribution in [0.5, 0.6) is 0 Å². The largest absolute Gasteiger partial charge is 0.338 e. The number of nitrogens with one attached hydrogen (secondary N) is 1. The second-order valence-electron chi connectivity index (χ2n) is 5.76. The SMILES string of the molecule is CC(c1ccc(F)cc1)N(C)C(=O)CN1CCNC[C@H]1C. The van der Waals surface area contributed by atoms with Crippen LogP contribution in [0.25, 0.3) is 0 Å². The quantitative estimate of drug-likeness (QED) is 0.916. The molecule has 1 amide bonds. The smallest absolute Gasteiger partial charge is 0.237 e.